The molecule has 0 fully saturated rings. The molecule has 1 aromatic rings. The number of amides is 1. The van der Waals surface area contributed by atoms with E-state index in [-0.39, 0.29) is 30.5 Å². The van der Waals surface area contributed by atoms with Gasteiger partial charge in [-0.05, 0) is 19.1 Å². The van der Waals surface area contributed by atoms with Gasteiger partial charge in [-0.1, -0.05) is 6.07 Å². The molecule has 0 bridgehead atoms. The third-order valence-corrected chi connectivity index (χ3v) is 2.03. The first-order valence-electron chi connectivity index (χ1n) is 4.96. The number of carbonyl (C=O) groups excluding carboxylic acids is 1. The lowest BCUT2D eigenvalue weighted by molar-refractivity contribution is -0.121. The minimum Gasteiger partial charge on any atom is -0.352 e. The van der Waals surface area contributed by atoms with E-state index in [0.717, 1.165) is 12.1 Å². The van der Waals surface area contributed by atoms with Crippen LogP contribution in [0.15, 0.2) is 18.2 Å². The number of rotatable bonds is 4. The summed E-state index contributed by atoms with van der Waals surface area (Å²) in [5.74, 6) is -1.65. The van der Waals surface area contributed by atoms with Crippen LogP contribution in [0.1, 0.15) is 18.9 Å². The summed E-state index contributed by atoms with van der Waals surface area (Å²) >= 11 is 0. The highest BCUT2D eigenvalue weighted by atomic mass is 19.1. The van der Waals surface area contributed by atoms with Crippen LogP contribution in [0.25, 0.3) is 0 Å². The minimum absolute atomic E-state index is 0.135. The monoisotopic (exact) mass is 228 g/mol. The van der Waals surface area contributed by atoms with Gasteiger partial charge < -0.3 is 11.1 Å². The zero-order chi connectivity index (χ0) is 12.1. The largest absolute Gasteiger partial charge is 0.352 e. The van der Waals surface area contributed by atoms with E-state index in [1.165, 1.54) is 6.07 Å². The summed E-state index contributed by atoms with van der Waals surface area (Å²) in [5, 5.41) is 2.41. The maximum Gasteiger partial charge on any atom is 0.221 e. The molecule has 0 aliphatic carbocycles. The fourth-order valence-corrected chi connectivity index (χ4v) is 1.25. The van der Waals surface area contributed by atoms with Crippen molar-refractivity contribution in [1.82, 2.24) is 5.32 Å². The lowest BCUT2D eigenvalue weighted by Crippen LogP contribution is -2.30. The maximum absolute atomic E-state index is 13.1. The van der Waals surface area contributed by atoms with Crippen molar-refractivity contribution in [3.8, 4) is 0 Å². The fourth-order valence-electron chi connectivity index (χ4n) is 1.25. The third-order valence-electron chi connectivity index (χ3n) is 2.03. The van der Waals surface area contributed by atoms with E-state index < -0.39 is 11.6 Å². The first kappa shape index (κ1) is 12.6. The minimum atomic E-state index is -0.666. The zero-order valence-electron chi connectivity index (χ0n) is 8.97. The Kier molecular flexibility index (Phi) is 4.37. The number of halogens is 2. The van der Waals surface area contributed by atoms with Crippen LogP contribution >= 0.6 is 0 Å². The Morgan fingerprint density at radius 1 is 1.44 bits per heavy atom. The molecular weight excluding hydrogens is 214 g/mol. The highest BCUT2D eigenvalue weighted by molar-refractivity contribution is 5.76. The summed E-state index contributed by atoms with van der Waals surface area (Å²) in [7, 11) is 0. The zero-order valence-corrected chi connectivity index (χ0v) is 8.97. The second kappa shape index (κ2) is 5.55. The molecule has 5 heteroatoms. The van der Waals surface area contributed by atoms with Gasteiger partial charge in [0.05, 0.1) is 0 Å². The lowest BCUT2D eigenvalue weighted by Gasteiger charge is -2.08. The highest BCUT2D eigenvalue weighted by Gasteiger charge is 2.10. The van der Waals surface area contributed by atoms with Crippen LogP contribution in [0.3, 0.4) is 0 Å². The van der Waals surface area contributed by atoms with Crippen LogP contribution < -0.4 is 11.1 Å². The first-order chi connectivity index (χ1) is 7.50. The van der Waals surface area contributed by atoms with E-state index in [2.05, 4.69) is 5.32 Å². The Morgan fingerprint density at radius 3 is 2.50 bits per heavy atom. The van der Waals surface area contributed by atoms with Gasteiger partial charge in [0.1, 0.15) is 11.6 Å². The molecule has 0 saturated heterocycles. The van der Waals surface area contributed by atoms with Crippen molar-refractivity contribution in [2.24, 2.45) is 5.73 Å². The van der Waals surface area contributed by atoms with Crippen molar-refractivity contribution >= 4 is 5.91 Å². The second-order valence-electron chi connectivity index (χ2n) is 3.66. The average Bonchev–Trinajstić information content (AvgIpc) is 2.15. The molecule has 0 saturated carbocycles. The topological polar surface area (TPSA) is 55.1 Å². The van der Waals surface area contributed by atoms with Gasteiger partial charge in [-0.3, -0.25) is 4.79 Å². The number of nitrogens with two attached hydrogens (primary N) is 1. The van der Waals surface area contributed by atoms with E-state index >= 15 is 0 Å². The number of hydrogen-bond donors (Lipinski definition) is 2. The molecule has 0 aromatic heterocycles. The molecule has 3 N–H and O–H groups in total. The molecule has 88 valence electrons. The van der Waals surface area contributed by atoms with Crippen LogP contribution in [0.4, 0.5) is 8.78 Å². The number of nitrogens with one attached hydrogen (secondary N) is 1. The summed E-state index contributed by atoms with van der Waals surface area (Å²) < 4.78 is 26.3. The van der Waals surface area contributed by atoms with E-state index in [4.69, 9.17) is 5.73 Å². The SMILES string of the molecule is CC(N)CC(=O)NCc1c(F)cccc1F. The standard InChI is InChI=1S/C11H14F2N2O/c1-7(14)5-11(16)15-6-8-9(12)3-2-4-10(8)13/h2-4,7H,5-6,14H2,1H3,(H,15,16). The van der Waals surface area contributed by atoms with Crippen molar-refractivity contribution in [3.05, 3.63) is 35.4 Å². The van der Waals surface area contributed by atoms with Crippen LogP contribution in [0.5, 0.6) is 0 Å². The van der Waals surface area contributed by atoms with E-state index in [0.29, 0.717) is 0 Å². The molecule has 0 spiro atoms. The van der Waals surface area contributed by atoms with Gasteiger partial charge in [-0.15, -0.1) is 0 Å². The average molecular weight is 228 g/mol. The lowest BCUT2D eigenvalue weighted by atomic mass is 10.2. The smallest absolute Gasteiger partial charge is 0.221 e. The fraction of sp³-hybridized carbons (Fsp3) is 0.364. The quantitative estimate of drug-likeness (QED) is 0.816. The molecule has 0 aliphatic rings. The Hall–Kier alpha value is -1.49. The number of carbonyl (C=O) groups is 1. The summed E-state index contributed by atoms with van der Waals surface area (Å²) in [6.45, 7) is 1.52. The number of hydrogen-bond acceptors (Lipinski definition) is 2. The summed E-state index contributed by atoms with van der Waals surface area (Å²) in [5.41, 5.74) is 5.27. The van der Waals surface area contributed by atoms with Crippen LogP contribution in [-0.4, -0.2) is 11.9 Å². The van der Waals surface area contributed by atoms with Crippen molar-refractivity contribution in [3.63, 3.8) is 0 Å². The van der Waals surface area contributed by atoms with Gasteiger partial charge in [-0.2, -0.15) is 0 Å². The summed E-state index contributed by atoms with van der Waals surface area (Å²) in [6.07, 6.45) is 0.135. The molecule has 1 atom stereocenters. The van der Waals surface area contributed by atoms with Gasteiger partial charge in [0.15, 0.2) is 0 Å². The van der Waals surface area contributed by atoms with Crippen molar-refractivity contribution in [2.75, 3.05) is 0 Å². The van der Waals surface area contributed by atoms with Gasteiger partial charge in [0, 0.05) is 24.6 Å². The summed E-state index contributed by atoms with van der Waals surface area (Å²) in [4.78, 5) is 11.2. The van der Waals surface area contributed by atoms with Gasteiger partial charge in [-0.25, -0.2) is 8.78 Å². The van der Waals surface area contributed by atoms with Crippen molar-refractivity contribution in [2.45, 2.75) is 25.9 Å². The predicted octanol–water partition coefficient (Wildman–Crippen LogP) is 1.32. The van der Waals surface area contributed by atoms with Crippen LogP contribution in [0, 0.1) is 11.6 Å². The Morgan fingerprint density at radius 2 is 2.00 bits per heavy atom. The highest BCUT2D eigenvalue weighted by Crippen LogP contribution is 2.11. The molecule has 0 heterocycles. The van der Waals surface area contributed by atoms with Gasteiger partial charge in [0.2, 0.25) is 5.91 Å². The molecule has 0 aliphatic heterocycles. The molecule has 1 unspecified atom stereocenters. The first-order valence-corrected chi connectivity index (χ1v) is 4.96. The molecular formula is C11H14F2N2O. The Bertz CT molecular complexity index is 360. The molecule has 1 aromatic carbocycles. The Balaban J connectivity index is 2.58. The Labute approximate surface area is 92.6 Å². The van der Waals surface area contributed by atoms with E-state index in [9.17, 15) is 13.6 Å². The molecule has 3 nitrogen and oxygen atoms in total. The molecule has 1 amide bonds. The van der Waals surface area contributed by atoms with Crippen LogP contribution in [-0.2, 0) is 11.3 Å². The normalized spacial score (nSPS) is 12.2. The maximum atomic E-state index is 13.1. The third kappa shape index (κ3) is 3.58. The summed E-state index contributed by atoms with van der Waals surface area (Å²) in [6, 6.07) is 3.30. The van der Waals surface area contributed by atoms with E-state index in [1.807, 2.05) is 0 Å². The predicted molar refractivity (Wildman–Crippen MR) is 56.5 cm³/mol. The molecule has 0 radical (unpaired) electrons. The van der Waals surface area contributed by atoms with E-state index in [1.54, 1.807) is 6.92 Å². The van der Waals surface area contributed by atoms with Crippen LogP contribution in [0.2, 0.25) is 0 Å². The van der Waals surface area contributed by atoms with Gasteiger partial charge >= 0.3 is 0 Å². The molecule has 1 rings (SSSR count). The second-order valence-corrected chi connectivity index (χ2v) is 3.66. The number of benzene rings is 1. The van der Waals surface area contributed by atoms with Crippen molar-refractivity contribution in [1.29, 1.82) is 0 Å². The van der Waals surface area contributed by atoms with Gasteiger partial charge in [0.25, 0.3) is 0 Å². The van der Waals surface area contributed by atoms with Crippen molar-refractivity contribution < 1.29 is 13.6 Å². The molecule has 16 heavy (non-hydrogen) atoms.